The molecule has 0 heterocycles. The molecule has 0 saturated carbocycles. The Kier molecular flexibility index (Phi) is 7.02. The molecule has 0 fully saturated rings. The van der Waals surface area contributed by atoms with E-state index < -0.39 is 18.1 Å². The van der Waals surface area contributed by atoms with Crippen LogP contribution in [0.25, 0.3) is 0 Å². The molecule has 2 unspecified atom stereocenters. The Balaban J connectivity index is 1.63. The maximum atomic E-state index is 13.5. The van der Waals surface area contributed by atoms with E-state index >= 15 is 0 Å². The molecule has 4 rings (SSSR count). The lowest BCUT2D eigenvalue weighted by Gasteiger charge is -2.24. The summed E-state index contributed by atoms with van der Waals surface area (Å²) in [6.45, 7) is 3.98. The fourth-order valence-corrected chi connectivity index (χ4v) is 3.85. The summed E-state index contributed by atoms with van der Waals surface area (Å²) in [7, 11) is 0. The zero-order valence-corrected chi connectivity index (χ0v) is 19.1. The average molecular weight is 457 g/mol. The summed E-state index contributed by atoms with van der Waals surface area (Å²) in [5, 5.41) is 6.07. The third-order valence-electron chi connectivity index (χ3n) is 5.78. The van der Waals surface area contributed by atoms with Gasteiger partial charge >= 0.3 is 6.03 Å². The first-order valence-corrected chi connectivity index (χ1v) is 11.1. The number of urea groups is 1. The number of aryl methyl sites for hydroxylation is 2. The monoisotopic (exact) mass is 456 g/mol. The second kappa shape index (κ2) is 10.3. The van der Waals surface area contributed by atoms with E-state index in [1.54, 1.807) is 24.3 Å². The van der Waals surface area contributed by atoms with Crippen molar-refractivity contribution in [2.24, 2.45) is 0 Å². The Morgan fingerprint density at radius 1 is 0.529 bits per heavy atom. The Labute approximate surface area is 198 Å². The second-order valence-electron chi connectivity index (χ2n) is 8.41. The highest BCUT2D eigenvalue weighted by molar-refractivity contribution is 5.76. The number of hydrogen-bond donors (Lipinski definition) is 2. The van der Waals surface area contributed by atoms with Crippen LogP contribution >= 0.6 is 0 Å². The summed E-state index contributed by atoms with van der Waals surface area (Å²) in [5.41, 5.74) is 5.47. The Morgan fingerprint density at radius 2 is 0.794 bits per heavy atom. The molecule has 4 aromatic rings. The second-order valence-corrected chi connectivity index (χ2v) is 8.41. The summed E-state index contributed by atoms with van der Waals surface area (Å²) in [4.78, 5) is 13.3. The van der Waals surface area contributed by atoms with Crippen molar-refractivity contribution in [3.63, 3.8) is 0 Å². The Hall–Kier alpha value is -3.99. The number of carbonyl (C=O) groups excluding carboxylic acids is 1. The molecular formula is C29H26F2N2O. The number of hydrogen-bond acceptors (Lipinski definition) is 1. The fourth-order valence-electron chi connectivity index (χ4n) is 3.85. The number of benzene rings is 4. The van der Waals surface area contributed by atoms with E-state index in [1.165, 1.54) is 24.3 Å². The van der Waals surface area contributed by atoms with E-state index in [-0.39, 0.29) is 11.6 Å². The normalized spacial score (nSPS) is 12.6. The van der Waals surface area contributed by atoms with Crippen molar-refractivity contribution in [3.8, 4) is 0 Å². The van der Waals surface area contributed by atoms with Crippen LogP contribution in [-0.4, -0.2) is 6.03 Å². The lowest BCUT2D eigenvalue weighted by Crippen LogP contribution is -2.40. The largest absolute Gasteiger partial charge is 0.327 e. The standard InChI is InChI=1S/C29H26F2N2O/c1-19-3-7-21(8-4-19)27(23-11-15-25(30)16-12-23)32-29(34)33-28(22-9-5-20(2)6-10-22)24-13-17-26(31)18-14-24/h3-18,27-28H,1-2H3,(H2,32,33,34). The minimum absolute atomic E-state index is 0.341. The third kappa shape index (κ3) is 5.67. The molecule has 172 valence electrons. The van der Waals surface area contributed by atoms with Crippen LogP contribution in [0.15, 0.2) is 97.1 Å². The minimum Gasteiger partial charge on any atom is -0.327 e. The number of rotatable bonds is 6. The number of nitrogens with one attached hydrogen (secondary N) is 2. The van der Waals surface area contributed by atoms with Gasteiger partial charge in [0.2, 0.25) is 0 Å². The van der Waals surface area contributed by atoms with Gasteiger partial charge in [-0.05, 0) is 60.4 Å². The van der Waals surface area contributed by atoms with Gasteiger partial charge in [-0.15, -0.1) is 0 Å². The Bertz CT molecular complexity index is 1050. The van der Waals surface area contributed by atoms with Gasteiger partial charge in [0.05, 0.1) is 12.1 Å². The highest BCUT2D eigenvalue weighted by Gasteiger charge is 2.21. The van der Waals surface area contributed by atoms with Crippen molar-refractivity contribution in [1.29, 1.82) is 0 Å². The number of amides is 2. The van der Waals surface area contributed by atoms with Crippen LogP contribution in [0, 0.1) is 25.5 Å². The molecule has 5 heteroatoms. The molecule has 0 bridgehead atoms. The van der Waals surface area contributed by atoms with Crippen molar-refractivity contribution in [2.45, 2.75) is 25.9 Å². The summed E-state index contributed by atoms with van der Waals surface area (Å²) in [6.07, 6.45) is 0. The maximum Gasteiger partial charge on any atom is 0.316 e. The van der Waals surface area contributed by atoms with Gasteiger partial charge in [-0.1, -0.05) is 83.9 Å². The molecule has 0 aliphatic heterocycles. The van der Waals surface area contributed by atoms with Crippen LogP contribution in [0.4, 0.5) is 13.6 Å². The van der Waals surface area contributed by atoms with Gasteiger partial charge in [0, 0.05) is 0 Å². The van der Waals surface area contributed by atoms with E-state index in [0.717, 1.165) is 33.4 Å². The van der Waals surface area contributed by atoms with Gasteiger partial charge in [0.1, 0.15) is 11.6 Å². The van der Waals surface area contributed by atoms with Crippen molar-refractivity contribution < 1.29 is 13.6 Å². The van der Waals surface area contributed by atoms with E-state index in [2.05, 4.69) is 10.6 Å². The topological polar surface area (TPSA) is 41.1 Å². The van der Waals surface area contributed by atoms with Crippen molar-refractivity contribution in [1.82, 2.24) is 10.6 Å². The number of carbonyl (C=O) groups is 1. The lowest BCUT2D eigenvalue weighted by molar-refractivity contribution is 0.236. The van der Waals surface area contributed by atoms with E-state index in [9.17, 15) is 13.6 Å². The van der Waals surface area contributed by atoms with E-state index in [4.69, 9.17) is 0 Å². The molecule has 2 N–H and O–H groups in total. The van der Waals surface area contributed by atoms with Gasteiger partial charge < -0.3 is 10.6 Å². The van der Waals surface area contributed by atoms with Crippen LogP contribution < -0.4 is 10.6 Å². The van der Waals surface area contributed by atoms with Gasteiger partial charge in [-0.2, -0.15) is 0 Å². The SMILES string of the molecule is Cc1ccc(C(NC(=O)NC(c2ccc(C)cc2)c2ccc(F)cc2)c2ccc(F)cc2)cc1. The van der Waals surface area contributed by atoms with Crippen molar-refractivity contribution >= 4 is 6.03 Å². The molecule has 4 aromatic carbocycles. The van der Waals surface area contributed by atoms with Gasteiger partial charge in [0.15, 0.2) is 0 Å². The van der Waals surface area contributed by atoms with Crippen molar-refractivity contribution in [3.05, 3.63) is 142 Å². The summed E-state index contributed by atoms with van der Waals surface area (Å²) < 4.78 is 27.1. The van der Waals surface area contributed by atoms with Crippen LogP contribution in [0.1, 0.15) is 45.5 Å². The molecule has 0 saturated heterocycles. The van der Waals surface area contributed by atoms with Crippen LogP contribution in [-0.2, 0) is 0 Å². The van der Waals surface area contributed by atoms with Crippen LogP contribution in [0.5, 0.6) is 0 Å². The molecule has 0 spiro atoms. The molecule has 2 amide bonds. The average Bonchev–Trinajstić information content (AvgIpc) is 2.84. The molecule has 34 heavy (non-hydrogen) atoms. The first kappa shape index (κ1) is 23.2. The van der Waals surface area contributed by atoms with Crippen LogP contribution in [0.3, 0.4) is 0 Å². The summed E-state index contributed by atoms with van der Waals surface area (Å²) in [6, 6.07) is 26.5. The predicted molar refractivity (Wildman–Crippen MR) is 131 cm³/mol. The van der Waals surface area contributed by atoms with Crippen molar-refractivity contribution in [2.75, 3.05) is 0 Å². The molecule has 3 nitrogen and oxygen atoms in total. The zero-order chi connectivity index (χ0) is 24.1. The molecule has 0 aromatic heterocycles. The molecule has 0 radical (unpaired) electrons. The third-order valence-corrected chi connectivity index (χ3v) is 5.78. The highest BCUT2D eigenvalue weighted by atomic mass is 19.1. The molecule has 0 aliphatic carbocycles. The van der Waals surface area contributed by atoms with E-state index in [1.807, 2.05) is 62.4 Å². The first-order chi connectivity index (χ1) is 16.4. The molecule has 0 aliphatic rings. The number of halogens is 2. The fraction of sp³-hybridized carbons (Fsp3) is 0.138. The Morgan fingerprint density at radius 3 is 1.09 bits per heavy atom. The lowest BCUT2D eigenvalue weighted by atomic mass is 9.97. The smallest absolute Gasteiger partial charge is 0.316 e. The zero-order valence-electron chi connectivity index (χ0n) is 19.1. The quantitative estimate of drug-likeness (QED) is 0.331. The molecular weight excluding hydrogens is 430 g/mol. The summed E-state index contributed by atoms with van der Waals surface area (Å²) >= 11 is 0. The predicted octanol–water partition coefficient (Wildman–Crippen LogP) is 6.76. The molecule has 2 atom stereocenters. The van der Waals surface area contributed by atoms with Crippen LogP contribution in [0.2, 0.25) is 0 Å². The first-order valence-electron chi connectivity index (χ1n) is 11.1. The maximum absolute atomic E-state index is 13.5. The van der Waals surface area contributed by atoms with Gasteiger partial charge in [0.25, 0.3) is 0 Å². The van der Waals surface area contributed by atoms with E-state index in [0.29, 0.717) is 0 Å². The summed E-state index contributed by atoms with van der Waals surface area (Å²) in [5.74, 6) is -0.682. The minimum atomic E-state index is -0.479. The van der Waals surface area contributed by atoms with Gasteiger partial charge in [-0.3, -0.25) is 0 Å². The highest BCUT2D eigenvalue weighted by Crippen LogP contribution is 2.25. The van der Waals surface area contributed by atoms with Gasteiger partial charge in [-0.25, -0.2) is 13.6 Å².